The first-order valence-corrected chi connectivity index (χ1v) is 8.93. The zero-order valence-electron chi connectivity index (χ0n) is 14.4. The molecule has 7 heteroatoms. The van der Waals surface area contributed by atoms with E-state index in [1.807, 2.05) is 30.3 Å². The van der Waals surface area contributed by atoms with Gasteiger partial charge in [0.05, 0.1) is 0 Å². The molecule has 2 saturated heterocycles. The summed E-state index contributed by atoms with van der Waals surface area (Å²) in [5.74, 6) is -11.1. The van der Waals surface area contributed by atoms with E-state index in [2.05, 4.69) is 4.90 Å². The van der Waals surface area contributed by atoms with Crippen LogP contribution in [0.5, 0.6) is 5.75 Å². The maximum absolute atomic E-state index is 13.9. The lowest BCUT2D eigenvalue weighted by Gasteiger charge is -2.39. The second-order valence-electron chi connectivity index (χ2n) is 7.15. The van der Waals surface area contributed by atoms with E-state index in [0.29, 0.717) is 12.8 Å². The molecular formula is C20H18F5NO. The van der Waals surface area contributed by atoms with E-state index in [-0.39, 0.29) is 12.1 Å². The van der Waals surface area contributed by atoms with Crippen LogP contribution in [0.25, 0.3) is 0 Å². The van der Waals surface area contributed by atoms with Crippen LogP contribution in [-0.4, -0.2) is 23.1 Å². The Bertz CT molecular complexity index is 801. The maximum atomic E-state index is 13.9. The fourth-order valence-electron chi connectivity index (χ4n) is 4.23. The number of hydrogen-bond acceptors (Lipinski definition) is 2. The Hall–Kier alpha value is -2.15. The molecular weight excluding hydrogens is 365 g/mol. The van der Waals surface area contributed by atoms with Crippen LogP contribution >= 0.6 is 0 Å². The minimum absolute atomic E-state index is 0.162. The molecule has 2 bridgehead atoms. The van der Waals surface area contributed by atoms with Crippen LogP contribution in [0.1, 0.15) is 31.2 Å². The van der Waals surface area contributed by atoms with Crippen LogP contribution < -0.4 is 4.74 Å². The normalized spacial score (nSPS) is 25.0. The highest BCUT2D eigenvalue weighted by molar-refractivity contribution is 5.30. The van der Waals surface area contributed by atoms with Gasteiger partial charge in [0, 0.05) is 18.6 Å². The Labute approximate surface area is 153 Å². The van der Waals surface area contributed by atoms with Gasteiger partial charge in [-0.25, -0.2) is 13.2 Å². The monoisotopic (exact) mass is 383 g/mol. The molecule has 2 aliphatic rings. The minimum atomic E-state index is -2.17. The smallest absolute Gasteiger partial charge is 0.207 e. The zero-order valence-corrected chi connectivity index (χ0v) is 14.4. The van der Waals surface area contributed by atoms with Gasteiger partial charge in [-0.3, -0.25) is 4.90 Å². The Morgan fingerprint density at radius 3 is 1.85 bits per heavy atom. The molecule has 2 heterocycles. The molecule has 0 radical (unpaired) electrons. The average Bonchev–Trinajstić information content (AvgIpc) is 2.91. The highest BCUT2D eigenvalue weighted by atomic mass is 19.2. The lowest BCUT2D eigenvalue weighted by Crippen LogP contribution is -2.45. The highest BCUT2D eigenvalue weighted by Gasteiger charge is 2.42. The molecule has 2 aromatic rings. The largest absolute Gasteiger partial charge is 0.484 e. The molecule has 2 atom stereocenters. The van der Waals surface area contributed by atoms with Crippen molar-refractivity contribution >= 4 is 0 Å². The van der Waals surface area contributed by atoms with Gasteiger partial charge in [-0.1, -0.05) is 30.3 Å². The molecule has 0 aliphatic carbocycles. The van der Waals surface area contributed by atoms with Crippen LogP contribution in [0.4, 0.5) is 22.0 Å². The Morgan fingerprint density at radius 1 is 0.778 bits per heavy atom. The lowest BCUT2D eigenvalue weighted by molar-refractivity contribution is 0.0393. The summed E-state index contributed by atoms with van der Waals surface area (Å²) in [6, 6.07) is 10.3. The summed E-state index contributed by atoms with van der Waals surface area (Å²) < 4.78 is 73.0. The highest BCUT2D eigenvalue weighted by Crippen LogP contribution is 2.39. The van der Waals surface area contributed by atoms with Gasteiger partial charge in [0.15, 0.2) is 5.75 Å². The lowest BCUT2D eigenvalue weighted by atomic mass is 9.98. The minimum Gasteiger partial charge on any atom is -0.484 e. The van der Waals surface area contributed by atoms with E-state index < -0.39 is 40.9 Å². The number of ether oxygens (including phenoxy) is 1. The van der Waals surface area contributed by atoms with Crippen LogP contribution in [0.2, 0.25) is 0 Å². The molecule has 0 saturated carbocycles. The third kappa shape index (κ3) is 3.29. The third-order valence-electron chi connectivity index (χ3n) is 5.50. The van der Waals surface area contributed by atoms with Crippen molar-refractivity contribution in [1.82, 2.24) is 4.90 Å². The van der Waals surface area contributed by atoms with E-state index in [1.54, 1.807) is 0 Å². The summed E-state index contributed by atoms with van der Waals surface area (Å²) in [4.78, 5) is 2.34. The third-order valence-corrected chi connectivity index (χ3v) is 5.50. The molecule has 0 amide bonds. The van der Waals surface area contributed by atoms with Crippen molar-refractivity contribution in [2.45, 2.75) is 50.4 Å². The Balaban J connectivity index is 1.50. The van der Waals surface area contributed by atoms with Crippen molar-refractivity contribution in [3.8, 4) is 5.75 Å². The maximum Gasteiger partial charge on any atom is 0.207 e. The number of fused-ring (bicyclic) bond motifs is 2. The van der Waals surface area contributed by atoms with Crippen molar-refractivity contribution in [1.29, 1.82) is 0 Å². The zero-order chi connectivity index (χ0) is 19.1. The molecule has 2 unspecified atom stereocenters. The summed E-state index contributed by atoms with van der Waals surface area (Å²) in [5, 5.41) is 0. The van der Waals surface area contributed by atoms with Crippen molar-refractivity contribution in [2.24, 2.45) is 0 Å². The molecule has 27 heavy (non-hydrogen) atoms. The predicted octanol–water partition coefficient (Wildman–Crippen LogP) is 4.96. The number of piperidine rings is 1. The van der Waals surface area contributed by atoms with Crippen LogP contribution in [0.15, 0.2) is 30.3 Å². The van der Waals surface area contributed by atoms with E-state index in [9.17, 15) is 22.0 Å². The molecule has 0 N–H and O–H groups in total. The van der Waals surface area contributed by atoms with Gasteiger partial charge in [0.1, 0.15) is 6.10 Å². The fourth-order valence-corrected chi connectivity index (χ4v) is 4.23. The number of halogens is 5. The second-order valence-corrected chi connectivity index (χ2v) is 7.15. The number of hydrogen-bond donors (Lipinski definition) is 0. The average molecular weight is 383 g/mol. The van der Waals surface area contributed by atoms with Crippen molar-refractivity contribution in [3.63, 3.8) is 0 Å². The summed E-state index contributed by atoms with van der Waals surface area (Å²) in [6.07, 6.45) is 2.25. The molecule has 2 fully saturated rings. The fraction of sp³-hybridized carbons (Fsp3) is 0.400. The second kappa shape index (κ2) is 7.11. The van der Waals surface area contributed by atoms with Crippen molar-refractivity contribution in [2.75, 3.05) is 0 Å². The topological polar surface area (TPSA) is 12.5 Å². The van der Waals surface area contributed by atoms with Gasteiger partial charge in [-0.2, -0.15) is 8.78 Å². The van der Waals surface area contributed by atoms with E-state index in [4.69, 9.17) is 4.74 Å². The van der Waals surface area contributed by atoms with Gasteiger partial charge in [0.2, 0.25) is 29.1 Å². The SMILES string of the molecule is Fc1c(F)c(F)c(OC2CC3CCC(C2)N3Cc2ccccc2)c(F)c1F. The van der Waals surface area contributed by atoms with Gasteiger partial charge >= 0.3 is 0 Å². The molecule has 2 nitrogen and oxygen atoms in total. The first-order valence-electron chi connectivity index (χ1n) is 8.93. The molecule has 2 aromatic carbocycles. The number of nitrogens with zero attached hydrogens (tertiary/aromatic N) is 1. The van der Waals surface area contributed by atoms with E-state index in [1.165, 1.54) is 5.56 Å². The Kier molecular flexibility index (Phi) is 4.80. The molecule has 144 valence electrons. The Morgan fingerprint density at radius 2 is 1.30 bits per heavy atom. The summed E-state index contributed by atoms with van der Waals surface area (Å²) >= 11 is 0. The predicted molar refractivity (Wildman–Crippen MR) is 88.7 cm³/mol. The molecule has 4 rings (SSSR count). The summed E-state index contributed by atoms with van der Waals surface area (Å²) in [5.41, 5.74) is 1.17. The molecule has 0 spiro atoms. The van der Waals surface area contributed by atoms with E-state index in [0.717, 1.165) is 19.4 Å². The standard InChI is InChI=1S/C20H18F5NO/c21-15-16(22)18(24)20(19(25)17(15)23)27-14-8-12-6-7-13(9-14)26(12)10-11-4-2-1-3-5-11/h1-5,12-14H,6-10H2. The van der Waals surface area contributed by atoms with Crippen LogP contribution in [0.3, 0.4) is 0 Å². The van der Waals surface area contributed by atoms with Crippen molar-refractivity contribution in [3.05, 3.63) is 65.0 Å². The van der Waals surface area contributed by atoms with Crippen LogP contribution in [0, 0.1) is 29.1 Å². The summed E-state index contributed by atoms with van der Waals surface area (Å²) in [7, 11) is 0. The van der Waals surface area contributed by atoms with E-state index >= 15 is 0 Å². The first-order chi connectivity index (χ1) is 13.0. The van der Waals surface area contributed by atoms with Gasteiger partial charge in [0.25, 0.3) is 0 Å². The number of benzene rings is 2. The quantitative estimate of drug-likeness (QED) is 0.421. The molecule has 2 aliphatic heterocycles. The van der Waals surface area contributed by atoms with Gasteiger partial charge in [-0.05, 0) is 31.2 Å². The van der Waals surface area contributed by atoms with Gasteiger partial charge < -0.3 is 4.74 Å². The van der Waals surface area contributed by atoms with Gasteiger partial charge in [-0.15, -0.1) is 0 Å². The van der Waals surface area contributed by atoms with Crippen molar-refractivity contribution < 1.29 is 26.7 Å². The first kappa shape index (κ1) is 18.2. The van der Waals surface area contributed by atoms with Crippen LogP contribution in [-0.2, 0) is 6.54 Å². The number of rotatable bonds is 4. The summed E-state index contributed by atoms with van der Waals surface area (Å²) in [6.45, 7) is 0.769. The molecule has 0 aromatic heterocycles.